The molecule has 8 heteroatoms. The van der Waals surface area contributed by atoms with Crippen molar-refractivity contribution < 1.29 is 22.7 Å². The van der Waals surface area contributed by atoms with E-state index in [0.717, 1.165) is 30.9 Å². The summed E-state index contributed by atoms with van der Waals surface area (Å²) in [5.41, 5.74) is 1.36. The van der Waals surface area contributed by atoms with Crippen LogP contribution >= 0.6 is 0 Å². The summed E-state index contributed by atoms with van der Waals surface area (Å²) in [5.74, 6) is -4.92. The maximum absolute atomic E-state index is 13.7. The van der Waals surface area contributed by atoms with Crippen molar-refractivity contribution in [1.29, 1.82) is 0 Å². The summed E-state index contributed by atoms with van der Waals surface area (Å²) in [6.07, 6.45) is 0. The first kappa shape index (κ1) is 19.0. The Kier molecular flexibility index (Phi) is 5.85. The zero-order valence-corrected chi connectivity index (χ0v) is 14.8. The van der Waals surface area contributed by atoms with E-state index in [4.69, 9.17) is 4.74 Å². The molecule has 144 valence electrons. The molecule has 5 nitrogen and oxygen atoms in total. The molecule has 1 heterocycles. The van der Waals surface area contributed by atoms with E-state index in [9.17, 15) is 18.0 Å². The molecule has 0 bridgehead atoms. The Labute approximate surface area is 155 Å². The number of rotatable bonds is 5. The number of halogens is 3. The van der Waals surface area contributed by atoms with Crippen molar-refractivity contribution in [1.82, 2.24) is 0 Å². The molecule has 0 radical (unpaired) electrons. The molecule has 0 aliphatic carbocycles. The van der Waals surface area contributed by atoms with Crippen LogP contribution < -0.4 is 15.5 Å². The molecule has 1 amide bonds. The average Bonchev–Trinajstić information content (AvgIpc) is 2.69. The number of nitrogens with zero attached hydrogens (tertiary/aromatic N) is 1. The van der Waals surface area contributed by atoms with Gasteiger partial charge in [-0.1, -0.05) is 0 Å². The second-order valence-corrected chi connectivity index (χ2v) is 6.22. The van der Waals surface area contributed by atoms with Crippen LogP contribution in [0.2, 0.25) is 0 Å². The molecule has 1 fully saturated rings. The fraction of sp³-hybridized carbons (Fsp3) is 0.316. The molecular weight excluding hydrogens is 359 g/mol. The Bertz CT molecular complexity index is 809. The Hall–Kier alpha value is -2.74. The summed E-state index contributed by atoms with van der Waals surface area (Å²) in [7, 11) is 0. The lowest BCUT2D eigenvalue weighted by atomic mass is 10.2. The van der Waals surface area contributed by atoms with Gasteiger partial charge in [0.2, 0.25) is 5.91 Å². The number of amides is 1. The van der Waals surface area contributed by atoms with Gasteiger partial charge in [-0.05, 0) is 43.3 Å². The Morgan fingerprint density at radius 3 is 2.37 bits per heavy atom. The summed E-state index contributed by atoms with van der Waals surface area (Å²) in [4.78, 5) is 14.4. The summed E-state index contributed by atoms with van der Waals surface area (Å²) in [6, 6.07) is 8.58. The number of hydrogen-bond acceptors (Lipinski definition) is 4. The van der Waals surface area contributed by atoms with Crippen molar-refractivity contribution in [3.63, 3.8) is 0 Å². The number of benzene rings is 2. The van der Waals surface area contributed by atoms with Gasteiger partial charge in [-0.15, -0.1) is 0 Å². The van der Waals surface area contributed by atoms with E-state index in [-0.39, 0.29) is 0 Å². The zero-order chi connectivity index (χ0) is 19.4. The number of ether oxygens (including phenoxy) is 1. The number of nitrogens with one attached hydrogen (secondary N) is 2. The van der Waals surface area contributed by atoms with Crippen LogP contribution in [0.15, 0.2) is 36.4 Å². The molecule has 1 saturated heterocycles. The van der Waals surface area contributed by atoms with Crippen LogP contribution in [0, 0.1) is 17.5 Å². The number of morpholine rings is 1. The summed E-state index contributed by atoms with van der Waals surface area (Å²) >= 11 is 0. The molecule has 0 saturated carbocycles. The number of hydrogen-bond donors (Lipinski definition) is 2. The van der Waals surface area contributed by atoms with Gasteiger partial charge in [-0.25, -0.2) is 13.2 Å². The van der Waals surface area contributed by atoms with E-state index in [1.807, 2.05) is 24.3 Å². The van der Waals surface area contributed by atoms with Crippen molar-refractivity contribution >= 4 is 23.0 Å². The van der Waals surface area contributed by atoms with Gasteiger partial charge in [0, 0.05) is 24.5 Å². The van der Waals surface area contributed by atoms with E-state index in [1.54, 1.807) is 6.92 Å². The minimum atomic E-state index is -1.62. The molecule has 2 aromatic carbocycles. The van der Waals surface area contributed by atoms with E-state index >= 15 is 0 Å². The molecule has 2 N–H and O–H groups in total. The molecule has 0 aromatic heterocycles. The lowest BCUT2D eigenvalue weighted by molar-refractivity contribution is -0.116. The monoisotopic (exact) mass is 379 g/mol. The molecule has 1 atom stereocenters. The molecular formula is C19H20F3N3O2. The second-order valence-electron chi connectivity index (χ2n) is 6.22. The molecule has 27 heavy (non-hydrogen) atoms. The summed E-state index contributed by atoms with van der Waals surface area (Å²) < 4.78 is 45.2. The predicted octanol–water partition coefficient (Wildman–Crippen LogP) is 3.38. The highest BCUT2D eigenvalue weighted by molar-refractivity contribution is 5.96. The molecule has 0 unspecified atom stereocenters. The van der Waals surface area contributed by atoms with Crippen molar-refractivity contribution in [3.05, 3.63) is 53.8 Å². The highest BCUT2D eigenvalue weighted by atomic mass is 19.2. The first-order valence-electron chi connectivity index (χ1n) is 8.59. The fourth-order valence-electron chi connectivity index (χ4n) is 2.77. The van der Waals surface area contributed by atoms with Crippen LogP contribution in [0.3, 0.4) is 0 Å². The smallest absolute Gasteiger partial charge is 0.246 e. The van der Waals surface area contributed by atoms with Crippen molar-refractivity contribution in [2.45, 2.75) is 13.0 Å². The van der Waals surface area contributed by atoms with Gasteiger partial charge >= 0.3 is 0 Å². The van der Waals surface area contributed by atoms with Crippen molar-refractivity contribution in [2.24, 2.45) is 0 Å². The highest BCUT2D eigenvalue weighted by Crippen LogP contribution is 2.21. The molecule has 0 spiro atoms. The maximum Gasteiger partial charge on any atom is 0.246 e. The topological polar surface area (TPSA) is 53.6 Å². The fourth-order valence-corrected chi connectivity index (χ4v) is 2.77. The number of carbonyl (C=O) groups is 1. The van der Waals surface area contributed by atoms with Crippen LogP contribution in [0.1, 0.15) is 6.92 Å². The van der Waals surface area contributed by atoms with Gasteiger partial charge in [0.15, 0.2) is 17.5 Å². The Morgan fingerprint density at radius 2 is 1.70 bits per heavy atom. The number of carbonyl (C=O) groups excluding carboxylic acids is 1. The highest BCUT2D eigenvalue weighted by Gasteiger charge is 2.19. The lowest BCUT2D eigenvalue weighted by Gasteiger charge is -2.29. The molecule has 3 rings (SSSR count). The second kappa shape index (κ2) is 8.30. The van der Waals surface area contributed by atoms with Crippen LogP contribution in [-0.4, -0.2) is 38.3 Å². The van der Waals surface area contributed by atoms with E-state index < -0.39 is 35.1 Å². The Morgan fingerprint density at radius 1 is 1.04 bits per heavy atom. The van der Waals surface area contributed by atoms with Crippen LogP contribution in [0.25, 0.3) is 0 Å². The molecule has 2 aromatic rings. The van der Waals surface area contributed by atoms with E-state index in [2.05, 4.69) is 15.5 Å². The summed E-state index contributed by atoms with van der Waals surface area (Å²) in [5, 5.41) is 5.25. The SMILES string of the molecule is C[C@@H](Nc1ccc(N2CCOCC2)cc1)C(=O)Nc1ccc(F)c(F)c1F. The first-order chi connectivity index (χ1) is 13.0. The third-order valence-electron chi connectivity index (χ3n) is 4.31. The van der Waals surface area contributed by atoms with Gasteiger partial charge in [-0.3, -0.25) is 4.79 Å². The van der Waals surface area contributed by atoms with Gasteiger partial charge in [-0.2, -0.15) is 0 Å². The quantitative estimate of drug-likeness (QED) is 0.782. The van der Waals surface area contributed by atoms with Crippen molar-refractivity contribution in [3.8, 4) is 0 Å². The van der Waals surface area contributed by atoms with E-state index in [1.165, 1.54) is 0 Å². The molecule has 1 aliphatic rings. The van der Waals surface area contributed by atoms with Crippen LogP contribution in [0.4, 0.5) is 30.2 Å². The third-order valence-corrected chi connectivity index (χ3v) is 4.31. The van der Waals surface area contributed by atoms with Gasteiger partial charge < -0.3 is 20.3 Å². The van der Waals surface area contributed by atoms with Crippen molar-refractivity contribution in [2.75, 3.05) is 41.8 Å². The predicted molar refractivity (Wildman–Crippen MR) is 97.5 cm³/mol. The minimum absolute atomic E-state index is 0.407. The first-order valence-corrected chi connectivity index (χ1v) is 8.59. The standard InChI is InChI=1S/C19H20F3N3O2/c1-12(19(26)24-16-7-6-15(20)17(21)18(16)22)23-13-2-4-14(5-3-13)25-8-10-27-11-9-25/h2-7,12,23H,8-11H2,1H3,(H,24,26)/t12-/m1/s1. The van der Waals surface area contributed by atoms with Gasteiger partial charge in [0.1, 0.15) is 6.04 Å². The zero-order valence-electron chi connectivity index (χ0n) is 14.8. The lowest BCUT2D eigenvalue weighted by Crippen LogP contribution is -2.36. The molecule has 1 aliphatic heterocycles. The van der Waals surface area contributed by atoms with Crippen LogP contribution in [-0.2, 0) is 9.53 Å². The van der Waals surface area contributed by atoms with Gasteiger partial charge in [0.05, 0.1) is 18.9 Å². The normalized spacial score (nSPS) is 15.3. The van der Waals surface area contributed by atoms with Crippen LogP contribution in [0.5, 0.6) is 0 Å². The van der Waals surface area contributed by atoms with Gasteiger partial charge in [0.25, 0.3) is 0 Å². The Balaban J connectivity index is 1.60. The largest absolute Gasteiger partial charge is 0.378 e. The maximum atomic E-state index is 13.7. The summed E-state index contributed by atoms with van der Waals surface area (Å²) in [6.45, 7) is 4.62. The average molecular weight is 379 g/mol. The third kappa shape index (κ3) is 4.51. The van der Waals surface area contributed by atoms with E-state index in [0.29, 0.717) is 18.9 Å². The minimum Gasteiger partial charge on any atom is -0.378 e. The number of anilines is 3.